The Bertz CT molecular complexity index is 1110. The Balaban J connectivity index is 2.01. The number of rotatable bonds is 8. The second-order valence-electron chi connectivity index (χ2n) is 9.41. The first-order valence-electron chi connectivity index (χ1n) is 10.8. The Labute approximate surface area is 183 Å². The summed E-state index contributed by atoms with van der Waals surface area (Å²) in [5.74, 6) is 0.659. The quantitative estimate of drug-likeness (QED) is 0.287. The molecule has 166 valence electrons. The second kappa shape index (κ2) is 8.33. The van der Waals surface area contributed by atoms with Gasteiger partial charge in [-0.1, -0.05) is 59.7 Å². The summed E-state index contributed by atoms with van der Waals surface area (Å²) in [5, 5.41) is 11.6. The number of ether oxygens (including phenoxy) is 1. The summed E-state index contributed by atoms with van der Waals surface area (Å²) in [6, 6.07) is 9.50. The maximum Gasteiger partial charge on any atom is 0.314 e. The Morgan fingerprint density at radius 1 is 1.06 bits per heavy atom. The largest absolute Gasteiger partial charge is 0.482 e. The molecule has 0 bridgehead atoms. The highest BCUT2D eigenvalue weighted by Gasteiger charge is 2.27. The molecule has 0 atom stereocenters. The molecule has 31 heavy (non-hydrogen) atoms. The third-order valence-electron chi connectivity index (χ3n) is 6.54. The number of nitro groups is 1. The summed E-state index contributed by atoms with van der Waals surface area (Å²) in [5.41, 5.74) is 4.39. The van der Waals surface area contributed by atoms with Crippen molar-refractivity contribution in [3.8, 4) is 5.75 Å². The fraction of sp³-hybridized carbons (Fsp3) is 0.480. The number of aryl methyl sites for hydroxylation is 1. The molecule has 0 amide bonds. The molecular formula is C25H32N2O4. The number of aromatic nitrogens is 1. The van der Waals surface area contributed by atoms with Gasteiger partial charge in [0, 0.05) is 13.0 Å². The van der Waals surface area contributed by atoms with E-state index in [-0.39, 0.29) is 28.9 Å². The zero-order valence-electron chi connectivity index (χ0n) is 19.5. The van der Waals surface area contributed by atoms with E-state index in [9.17, 15) is 10.1 Å². The van der Waals surface area contributed by atoms with E-state index in [1.807, 2.05) is 0 Å². The lowest BCUT2D eigenvalue weighted by molar-refractivity contribution is -0.385. The van der Waals surface area contributed by atoms with Crippen molar-refractivity contribution in [1.29, 1.82) is 0 Å². The van der Waals surface area contributed by atoms with Crippen molar-refractivity contribution in [3.63, 3.8) is 0 Å². The lowest BCUT2D eigenvalue weighted by atomic mass is 9.75. The van der Waals surface area contributed by atoms with E-state index in [1.165, 1.54) is 17.2 Å². The van der Waals surface area contributed by atoms with Crippen LogP contribution >= 0.6 is 0 Å². The van der Waals surface area contributed by atoms with Crippen LogP contribution < -0.4 is 4.74 Å². The number of nitro benzene ring substituents is 1. The van der Waals surface area contributed by atoms with E-state index in [2.05, 4.69) is 64.7 Å². The molecule has 0 radical (unpaired) electrons. The predicted molar refractivity (Wildman–Crippen MR) is 123 cm³/mol. The van der Waals surface area contributed by atoms with Gasteiger partial charge in [-0.15, -0.1) is 0 Å². The van der Waals surface area contributed by atoms with Crippen LogP contribution in [0.25, 0.3) is 11.1 Å². The van der Waals surface area contributed by atoms with Gasteiger partial charge in [0.2, 0.25) is 0 Å². The van der Waals surface area contributed by atoms with E-state index in [0.29, 0.717) is 17.0 Å². The molecule has 0 N–H and O–H groups in total. The minimum atomic E-state index is -0.448. The molecular weight excluding hydrogens is 392 g/mol. The molecule has 3 aromatic rings. The SMILES string of the molecule is CCC(C)(C)c1ccc(COc2cc3nc(C)oc3cc2[N+](=O)[O-])c(C(C)(C)CC)c1. The Kier molecular flexibility index (Phi) is 6.12. The molecule has 6 nitrogen and oxygen atoms in total. The Hall–Kier alpha value is -2.89. The van der Waals surface area contributed by atoms with Gasteiger partial charge in [-0.25, -0.2) is 4.98 Å². The van der Waals surface area contributed by atoms with Crippen LogP contribution in [0.4, 0.5) is 5.69 Å². The maximum absolute atomic E-state index is 11.6. The monoisotopic (exact) mass is 424 g/mol. The van der Waals surface area contributed by atoms with Crippen LogP contribution in [-0.2, 0) is 17.4 Å². The highest BCUT2D eigenvalue weighted by molar-refractivity contribution is 5.79. The van der Waals surface area contributed by atoms with E-state index in [4.69, 9.17) is 9.15 Å². The molecule has 0 aliphatic heterocycles. The highest BCUT2D eigenvalue weighted by atomic mass is 16.6. The van der Waals surface area contributed by atoms with Crippen molar-refractivity contribution in [1.82, 2.24) is 4.98 Å². The third-order valence-corrected chi connectivity index (χ3v) is 6.54. The predicted octanol–water partition coefficient (Wildman–Crippen LogP) is 7.00. The smallest absolute Gasteiger partial charge is 0.314 e. The number of hydrogen-bond donors (Lipinski definition) is 0. The van der Waals surface area contributed by atoms with Crippen LogP contribution in [0.3, 0.4) is 0 Å². The topological polar surface area (TPSA) is 78.4 Å². The van der Waals surface area contributed by atoms with Crippen molar-refractivity contribution >= 4 is 16.8 Å². The zero-order chi connectivity index (χ0) is 23.0. The van der Waals surface area contributed by atoms with Crippen LogP contribution in [0.2, 0.25) is 0 Å². The zero-order valence-corrected chi connectivity index (χ0v) is 19.5. The van der Waals surface area contributed by atoms with Gasteiger partial charge in [-0.2, -0.15) is 0 Å². The van der Waals surface area contributed by atoms with Gasteiger partial charge in [0.1, 0.15) is 12.1 Å². The summed E-state index contributed by atoms with van der Waals surface area (Å²) in [6.45, 7) is 15.3. The first-order valence-corrected chi connectivity index (χ1v) is 10.8. The normalized spacial score (nSPS) is 12.4. The van der Waals surface area contributed by atoms with E-state index in [0.717, 1.165) is 18.4 Å². The van der Waals surface area contributed by atoms with Gasteiger partial charge in [-0.05, 0) is 40.4 Å². The minimum absolute atomic E-state index is 0.0440. The van der Waals surface area contributed by atoms with Crippen molar-refractivity contribution in [3.05, 3.63) is 63.0 Å². The van der Waals surface area contributed by atoms with Crippen LogP contribution in [0.1, 0.15) is 77.0 Å². The molecule has 0 unspecified atom stereocenters. The van der Waals surface area contributed by atoms with E-state index in [1.54, 1.807) is 13.0 Å². The molecule has 0 fully saturated rings. The van der Waals surface area contributed by atoms with E-state index < -0.39 is 4.92 Å². The van der Waals surface area contributed by atoms with Crippen molar-refractivity contribution in [2.75, 3.05) is 0 Å². The Morgan fingerprint density at radius 3 is 2.35 bits per heavy atom. The van der Waals surface area contributed by atoms with Gasteiger partial charge in [0.05, 0.1) is 11.0 Å². The number of oxazole rings is 1. The molecule has 0 saturated heterocycles. The average Bonchev–Trinajstić information content (AvgIpc) is 3.10. The lowest BCUT2D eigenvalue weighted by Gasteiger charge is -2.30. The summed E-state index contributed by atoms with van der Waals surface area (Å²) in [7, 11) is 0. The fourth-order valence-electron chi connectivity index (χ4n) is 3.62. The van der Waals surface area contributed by atoms with Gasteiger partial charge in [0.15, 0.2) is 17.2 Å². The average molecular weight is 425 g/mol. The molecule has 0 aliphatic rings. The van der Waals surface area contributed by atoms with Crippen molar-refractivity contribution < 1.29 is 14.1 Å². The van der Waals surface area contributed by atoms with Crippen LogP contribution in [0, 0.1) is 17.0 Å². The Morgan fingerprint density at radius 2 is 1.74 bits per heavy atom. The van der Waals surface area contributed by atoms with Crippen LogP contribution in [-0.4, -0.2) is 9.91 Å². The van der Waals surface area contributed by atoms with Gasteiger partial charge in [-0.3, -0.25) is 10.1 Å². The van der Waals surface area contributed by atoms with Gasteiger partial charge < -0.3 is 9.15 Å². The van der Waals surface area contributed by atoms with E-state index >= 15 is 0 Å². The molecule has 1 heterocycles. The first kappa shape index (κ1) is 22.8. The summed E-state index contributed by atoms with van der Waals surface area (Å²) < 4.78 is 11.5. The first-order chi connectivity index (χ1) is 14.5. The number of benzene rings is 2. The molecule has 3 rings (SSSR count). The number of nitrogens with zero attached hydrogens (tertiary/aromatic N) is 2. The number of fused-ring (bicyclic) bond motifs is 1. The molecule has 2 aromatic carbocycles. The van der Waals surface area contributed by atoms with Crippen LogP contribution in [0.15, 0.2) is 34.7 Å². The molecule has 0 saturated carbocycles. The van der Waals surface area contributed by atoms with Crippen molar-refractivity contribution in [2.45, 2.75) is 78.7 Å². The molecule has 0 spiro atoms. The number of hydrogen-bond acceptors (Lipinski definition) is 5. The van der Waals surface area contributed by atoms with Gasteiger partial charge in [0.25, 0.3) is 0 Å². The summed E-state index contributed by atoms with van der Waals surface area (Å²) >= 11 is 0. The van der Waals surface area contributed by atoms with Crippen LogP contribution in [0.5, 0.6) is 5.75 Å². The molecule has 1 aromatic heterocycles. The minimum Gasteiger partial charge on any atom is -0.482 e. The molecule has 0 aliphatic carbocycles. The van der Waals surface area contributed by atoms with Gasteiger partial charge >= 0.3 is 5.69 Å². The summed E-state index contributed by atoms with van der Waals surface area (Å²) in [6.07, 6.45) is 2.01. The summed E-state index contributed by atoms with van der Waals surface area (Å²) in [4.78, 5) is 15.4. The highest BCUT2D eigenvalue weighted by Crippen LogP contribution is 2.37. The third kappa shape index (κ3) is 4.58. The standard InChI is InChI=1S/C25H32N2O4/c1-8-24(4,5)18-11-10-17(19(12-18)25(6,7)9-2)15-30-23-13-20-22(31-16(3)26-20)14-21(23)27(28)29/h10-14H,8-9,15H2,1-7H3. The molecule has 6 heteroatoms. The second-order valence-corrected chi connectivity index (χ2v) is 9.41. The fourth-order valence-corrected chi connectivity index (χ4v) is 3.62. The van der Waals surface area contributed by atoms with Crippen molar-refractivity contribution in [2.24, 2.45) is 0 Å². The lowest BCUT2D eigenvalue weighted by Crippen LogP contribution is -2.22. The maximum atomic E-state index is 11.6.